The first-order valence-electron chi connectivity index (χ1n) is 7.38. The number of nitrogens with zero attached hydrogens (tertiary/aromatic N) is 3. The SMILES string of the molecule is CCc1nn(CC)c(CN(CC(C)C)C(C)C)c1Br. The fraction of sp³-hybridized carbons (Fsp3) is 0.800. The smallest absolute Gasteiger partial charge is 0.0767 e. The molecule has 1 heterocycles. The van der Waals surface area contributed by atoms with Crippen molar-refractivity contribution >= 4 is 15.9 Å². The standard InChI is InChI=1S/C15H28BrN3/c1-7-13-15(16)14(19(8-2)17-13)10-18(12(5)6)9-11(3)4/h11-12H,7-10H2,1-6H3. The predicted octanol–water partition coefficient (Wildman–Crippen LogP) is 4.09. The third kappa shape index (κ3) is 4.32. The summed E-state index contributed by atoms with van der Waals surface area (Å²) in [6, 6.07) is 0.555. The summed E-state index contributed by atoms with van der Waals surface area (Å²) < 4.78 is 3.34. The van der Waals surface area contributed by atoms with Gasteiger partial charge in [-0.05, 0) is 49.0 Å². The molecule has 0 amide bonds. The highest BCUT2D eigenvalue weighted by molar-refractivity contribution is 9.10. The number of halogens is 1. The summed E-state index contributed by atoms with van der Waals surface area (Å²) in [5, 5.41) is 4.68. The minimum atomic E-state index is 0.555. The van der Waals surface area contributed by atoms with Crippen LogP contribution in [0.4, 0.5) is 0 Å². The van der Waals surface area contributed by atoms with E-state index in [4.69, 9.17) is 0 Å². The second-order valence-corrected chi connectivity index (χ2v) is 6.59. The zero-order valence-corrected chi connectivity index (χ0v) is 14.8. The van der Waals surface area contributed by atoms with Gasteiger partial charge < -0.3 is 0 Å². The van der Waals surface area contributed by atoms with Crippen molar-refractivity contribution in [2.45, 2.75) is 67.1 Å². The van der Waals surface area contributed by atoms with E-state index >= 15 is 0 Å². The van der Waals surface area contributed by atoms with Crippen molar-refractivity contribution in [3.8, 4) is 0 Å². The van der Waals surface area contributed by atoms with Gasteiger partial charge in [-0.25, -0.2) is 0 Å². The zero-order chi connectivity index (χ0) is 14.6. The number of aromatic nitrogens is 2. The second-order valence-electron chi connectivity index (χ2n) is 5.79. The maximum Gasteiger partial charge on any atom is 0.0767 e. The van der Waals surface area contributed by atoms with Crippen molar-refractivity contribution in [3.05, 3.63) is 15.9 Å². The molecule has 0 aliphatic carbocycles. The molecule has 1 aromatic rings. The number of hydrogen-bond donors (Lipinski definition) is 0. The van der Waals surface area contributed by atoms with Crippen LogP contribution >= 0.6 is 15.9 Å². The molecule has 0 aliphatic rings. The highest BCUT2D eigenvalue weighted by Gasteiger charge is 2.19. The van der Waals surface area contributed by atoms with E-state index in [1.807, 2.05) is 0 Å². The largest absolute Gasteiger partial charge is 0.295 e. The minimum Gasteiger partial charge on any atom is -0.295 e. The molecule has 0 aliphatic heterocycles. The van der Waals surface area contributed by atoms with Crippen molar-refractivity contribution < 1.29 is 0 Å². The van der Waals surface area contributed by atoms with Gasteiger partial charge in [0.2, 0.25) is 0 Å². The molecule has 110 valence electrons. The maximum absolute atomic E-state index is 4.68. The van der Waals surface area contributed by atoms with Crippen molar-refractivity contribution in [2.75, 3.05) is 6.54 Å². The molecule has 0 aromatic carbocycles. The van der Waals surface area contributed by atoms with E-state index in [9.17, 15) is 0 Å². The Hall–Kier alpha value is -0.350. The Kier molecular flexibility index (Phi) is 6.54. The summed E-state index contributed by atoms with van der Waals surface area (Å²) in [5.41, 5.74) is 2.49. The third-order valence-corrected chi connectivity index (χ3v) is 4.29. The summed E-state index contributed by atoms with van der Waals surface area (Å²) in [4.78, 5) is 2.53. The van der Waals surface area contributed by atoms with Crippen LogP contribution in [0.15, 0.2) is 4.47 Å². The van der Waals surface area contributed by atoms with Crippen LogP contribution < -0.4 is 0 Å². The average Bonchev–Trinajstić information content (AvgIpc) is 2.64. The fourth-order valence-corrected chi connectivity index (χ4v) is 2.98. The normalized spacial score (nSPS) is 12.1. The monoisotopic (exact) mass is 329 g/mol. The molecule has 1 aromatic heterocycles. The lowest BCUT2D eigenvalue weighted by Gasteiger charge is -2.28. The van der Waals surface area contributed by atoms with Crippen LogP contribution in [0.5, 0.6) is 0 Å². The second kappa shape index (κ2) is 7.44. The Morgan fingerprint density at radius 1 is 1.21 bits per heavy atom. The molecule has 3 nitrogen and oxygen atoms in total. The summed E-state index contributed by atoms with van der Waals surface area (Å²) >= 11 is 3.74. The fourth-order valence-electron chi connectivity index (χ4n) is 2.29. The van der Waals surface area contributed by atoms with Crippen LogP contribution in [0.1, 0.15) is 52.9 Å². The summed E-state index contributed by atoms with van der Waals surface area (Å²) in [6.07, 6.45) is 0.979. The molecule has 0 bridgehead atoms. The van der Waals surface area contributed by atoms with Crippen LogP contribution in [-0.4, -0.2) is 27.3 Å². The molecule has 0 saturated carbocycles. The predicted molar refractivity (Wildman–Crippen MR) is 85.4 cm³/mol. The molecular weight excluding hydrogens is 302 g/mol. The maximum atomic E-state index is 4.68. The molecule has 0 fully saturated rings. The van der Waals surface area contributed by atoms with E-state index in [-0.39, 0.29) is 0 Å². The van der Waals surface area contributed by atoms with Gasteiger partial charge in [0, 0.05) is 25.7 Å². The molecule has 4 heteroatoms. The number of rotatable bonds is 7. The van der Waals surface area contributed by atoms with E-state index in [1.54, 1.807) is 0 Å². The van der Waals surface area contributed by atoms with Gasteiger partial charge in [-0.1, -0.05) is 20.8 Å². The van der Waals surface area contributed by atoms with E-state index in [2.05, 4.69) is 72.2 Å². The van der Waals surface area contributed by atoms with Gasteiger partial charge in [-0.3, -0.25) is 9.58 Å². The Labute approximate surface area is 126 Å². The van der Waals surface area contributed by atoms with E-state index in [0.29, 0.717) is 12.0 Å². The first-order chi connectivity index (χ1) is 8.90. The Bertz CT molecular complexity index is 396. The molecular formula is C15H28BrN3. The van der Waals surface area contributed by atoms with Crippen LogP contribution in [-0.2, 0) is 19.5 Å². The lowest BCUT2D eigenvalue weighted by molar-refractivity contribution is 0.183. The molecule has 1 rings (SSSR count). The molecule has 0 N–H and O–H groups in total. The Balaban J connectivity index is 2.98. The van der Waals surface area contributed by atoms with Gasteiger partial charge in [0.05, 0.1) is 15.9 Å². The van der Waals surface area contributed by atoms with Crippen LogP contribution in [0, 0.1) is 5.92 Å². The lowest BCUT2D eigenvalue weighted by atomic mass is 10.1. The molecule has 0 saturated heterocycles. The van der Waals surface area contributed by atoms with Gasteiger partial charge in [0.1, 0.15) is 0 Å². The van der Waals surface area contributed by atoms with Crippen molar-refractivity contribution in [1.29, 1.82) is 0 Å². The van der Waals surface area contributed by atoms with Gasteiger partial charge in [0.15, 0.2) is 0 Å². The molecule has 0 atom stereocenters. The minimum absolute atomic E-state index is 0.555. The molecule has 0 unspecified atom stereocenters. The molecule has 19 heavy (non-hydrogen) atoms. The number of aryl methyl sites for hydroxylation is 2. The van der Waals surface area contributed by atoms with E-state index in [1.165, 1.54) is 15.9 Å². The zero-order valence-electron chi connectivity index (χ0n) is 13.2. The van der Waals surface area contributed by atoms with Crippen molar-refractivity contribution in [2.24, 2.45) is 5.92 Å². The Morgan fingerprint density at radius 3 is 2.26 bits per heavy atom. The quantitative estimate of drug-likeness (QED) is 0.751. The number of hydrogen-bond acceptors (Lipinski definition) is 2. The first-order valence-corrected chi connectivity index (χ1v) is 8.18. The van der Waals surface area contributed by atoms with E-state index < -0.39 is 0 Å². The highest BCUT2D eigenvalue weighted by Crippen LogP contribution is 2.24. The van der Waals surface area contributed by atoms with Gasteiger partial charge in [-0.2, -0.15) is 5.10 Å². The van der Waals surface area contributed by atoms with Crippen LogP contribution in [0.2, 0.25) is 0 Å². The van der Waals surface area contributed by atoms with E-state index in [0.717, 1.165) is 26.1 Å². The summed E-state index contributed by atoms with van der Waals surface area (Å²) in [5.74, 6) is 0.685. The van der Waals surface area contributed by atoms with Gasteiger partial charge >= 0.3 is 0 Å². The third-order valence-electron chi connectivity index (χ3n) is 3.38. The van der Waals surface area contributed by atoms with Crippen molar-refractivity contribution in [3.63, 3.8) is 0 Å². The highest BCUT2D eigenvalue weighted by atomic mass is 79.9. The van der Waals surface area contributed by atoms with Crippen LogP contribution in [0.25, 0.3) is 0 Å². The molecule has 0 spiro atoms. The van der Waals surface area contributed by atoms with Crippen molar-refractivity contribution in [1.82, 2.24) is 14.7 Å². The van der Waals surface area contributed by atoms with Gasteiger partial charge in [-0.15, -0.1) is 0 Å². The van der Waals surface area contributed by atoms with Gasteiger partial charge in [0.25, 0.3) is 0 Å². The Morgan fingerprint density at radius 2 is 1.84 bits per heavy atom. The summed E-state index contributed by atoms with van der Waals surface area (Å²) in [6.45, 7) is 16.4. The summed E-state index contributed by atoms with van der Waals surface area (Å²) in [7, 11) is 0. The first kappa shape index (κ1) is 16.7. The van der Waals surface area contributed by atoms with Crippen LogP contribution in [0.3, 0.4) is 0 Å². The average molecular weight is 330 g/mol. The topological polar surface area (TPSA) is 21.1 Å². The lowest BCUT2D eigenvalue weighted by Crippen LogP contribution is -2.34. The molecule has 0 radical (unpaired) electrons.